The summed E-state index contributed by atoms with van der Waals surface area (Å²) in [6.45, 7) is 6.92. The second-order valence-corrected chi connectivity index (χ2v) is 8.82. The first-order chi connectivity index (χ1) is 11.2. The first kappa shape index (κ1) is 19.1. The molecule has 2 N–H and O–H groups in total. The Morgan fingerprint density at radius 3 is 1.96 bits per heavy atom. The number of hydrogen-bond donors (Lipinski definition) is 2. The number of carboxylic acid groups (broad SMARTS) is 1. The molecule has 0 radical (unpaired) electrons. The van der Waals surface area contributed by atoms with E-state index in [1.165, 1.54) is 12.8 Å². The molecule has 0 unspecified atom stereocenters. The summed E-state index contributed by atoms with van der Waals surface area (Å²) in [5.41, 5.74) is 0.356. The molecule has 0 aromatic carbocycles. The van der Waals surface area contributed by atoms with Crippen molar-refractivity contribution in [2.24, 2.45) is 17.3 Å². The van der Waals surface area contributed by atoms with E-state index in [2.05, 4.69) is 26.1 Å². The van der Waals surface area contributed by atoms with Gasteiger partial charge in [-0.1, -0.05) is 20.8 Å². The quantitative estimate of drug-likeness (QED) is 0.820. The smallest absolute Gasteiger partial charge is 0.317 e. The first-order valence-corrected chi connectivity index (χ1v) is 9.44. The van der Waals surface area contributed by atoms with Crippen molar-refractivity contribution in [1.82, 2.24) is 10.2 Å². The van der Waals surface area contributed by atoms with Gasteiger partial charge in [-0.05, 0) is 62.7 Å². The van der Waals surface area contributed by atoms with Crippen LogP contribution < -0.4 is 5.32 Å². The van der Waals surface area contributed by atoms with Gasteiger partial charge in [0.05, 0.1) is 5.92 Å². The number of hydrogen-bond acceptors (Lipinski definition) is 2. The summed E-state index contributed by atoms with van der Waals surface area (Å²) in [5.74, 6) is -0.187. The van der Waals surface area contributed by atoms with Gasteiger partial charge < -0.3 is 15.3 Å². The molecule has 0 aromatic heterocycles. The summed E-state index contributed by atoms with van der Waals surface area (Å²) in [7, 11) is 1.90. The summed E-state index contributed by atoms with van der Waals surface area (Å²) >= 11 is 0. The van der Waals surface area contributed by atoms with Crippen molar-refractivity contribution in [3.63, 3.8) is 0 Å². The van der Waals surface area contributed by atoms with E-state index in [0.29, 0.717) is 24.3 Å². The number of carboxylic acids is 1. The van der Waals surface area contributed by atoms with E-state index >= 15 is 0 Å². The summed E-state index contributed by atoms with van der Waals surface area (Å²) in [4.78, 5) is 25.4. The van der Waals surface area contributed by atoms with Crippen LogP contribution in [0.1, 0.15) is 72.1 Å². The SMILES string of the molecule is CN(C(=O)NC1CCC(C(=O)O)CC1)C1CCC(C(C)(C)C)CC1. The molecule has 5 nitrogen and oxygen atoms in total. The molecule has 0 atom stereocenters. The molecule has 0 spiro atoms. The molecule has 138 valence electrons. The molecular formula is C19H34N2O3. The van der Waals surface area contributed by atoms with Crippen LogP contribution in [0.15, 0.2) is 0 Å². The zero-order valence-electron chi connectivity index (χ0n) is 15.7. The average molecular weight is 338 g/mol. The molecule has 5 heteroatoms. The molecule has 2 amide bonds. The van der Waals surface area contributed by atoms with Crippen molar-refractivity contribution in [2.75, 3.05) is 7.05 Å². The standard InChI is InChI=1S/C19H34N2O3/c1-19(2,3)14-7-11-16(12-8-14)21(4)18(24)20-15-9-5-13(6-10-15)17(22)23/h13-16H,5-12H2,1-4H3,(H,20,24)(H,22,23). The molecule has 0 aromatic rings. The number of rotatable bonds is 3. The fraction of sp³-hybridized carbons (Fsp3) is 0.895. The highest BCUT2D eigenvalue weighted by Gasteiger charge is 2.33. The number of aliphatic carboxylic acids is 1. The van der Waals surface area contributed by atoms with Gasteiger partial charge in [0, 0.05) is 19.1 Å². The lowest BCUT2D eigenvalue weighted by Crippen LogP contribution is -2.49. The van der Waals surface area contributed by atoms with Crippen molar-refractivity contribution in [3.8, 4) is 0 Å². The van der Waals surface area contributed by atoms with E-state index in [0.717, 1.165) is 31.6 Å². The molecule has 2 aliphatic carbocycles. The van der Waals surface area contributed by atoms with Crippen molar-refractivity contribution >= 4 is 12.0 Å². The maximum Gasteiger partial charge on any atom is 0.317 e. The van der Waals surface area contributed by atoms with Crippen LogP contribution in [0.5, 0.6) is 0 Å². The second-order valence-electron chi connectivity index (χ2n) is 8.82. The molecule has 0 heterocycles. The van der Waals surface area contributed by atoms with E-state index in [4.69, 9.17) is 5.11 Å². The van der Waals surface area contributed by atoms with Gasteiger partial charge in [0.1, 0.15) is 0 Å². The van der Waals surface area contributed by atoms with Crippen LogP contribution in [-0.2, 0) is 4.79 Å². The van der Waals surface area contributed by atoms with Gasteiger partial charge in [0.2, 0.25) is 0 Å². The summed E-state index contributed by atoms with van der Waals surface area (Å²) < 4.78 is 0. The lowest BCUT2D eigenvalue weighted by atomic mass is 9.71. The number of urea groups is 1. The van der Waals surface area contributed by atoms with E-state index in [9.17, 15) is 9.59 Å². The Labute approximate surface area is 146 Å². The molecule has 2 saturated carbocycles. The topological polar surface area (TPSA) is 69.6 Å². The Morgan fingerprint density at radius 1 is 0.958 bits per heavy atom. The largest absolute Gasteiger partial charge is 0.481 e. The minimum atomic E-state index is -0.701. The van der Waals surface area contributed by atoms with Crippen LogP contribution in [0.3, 0.4) is 0 Å². The highest BCUT2D eigenvalue weighted by molar-refractivity contribution is 5.74. The molecule has 0 bridgehead atoms. The maximum atomic E-state index is 12.5. The highest BCUT2D eigenvalue weighted by atomic mass is 16.4. The molecule has 0 saturated heterocycles. The summed E-state index contributed by atoms with van der Waals surface area (Å²) in [6, 6.07) is 0.466. The summed E-state index contributed by atoms with van der Waals surface area (Å²) in [5, 5.41) is 12.2. The van der Waals surface area contributed by atoms with Crippen molar-refractivity contribution in [2.45, 2.75) is 84.2 Å². The van der Waals surface area contributed by atoms with E-state index < -0.39 is 5.97 Å². The monoisotopic (exact) mass is 338 g/mol. The Bertz CT molecular complexity index is 442. The van der Waals surface area contributed by atoms with E-state index in [1.54, 1.807) is 0 Å². The molecule has 2 aliphatic rings. The van der Waals surface area contributed by atoms with Crippen LogP contribution in [0, 0.1) is 17.3 Å². The van der Waals surface area contributed by atoms with Crippen LogP contribution >= 0.6 is 0 Å². The Morgan fingerprint density at radius 2 is 1.50 bits per heavy atom. The van der Waals surface area contributed by atoms with E-state index in [-0.39, 0.29) is 18.0 Å². The predicted octanol–water partition coefficient (Wildman–Crippen LogP) is 3.88. The van der Waals surface area contributed by atoms with Gasteiger partial charge in [-0.2, -0.15) is 0 Å². The van der Waals surface area contributed by atoms with Gasteiger partial charge in [0.15, 0.2) is 0 Å². The van der Waals surface area contributed by atoms with Crippen molar-refractivity contribution < 1.29 is 14.7 Å². The number of nitrogens with zero attached hydrogens (tertiary/aromatic N) is 1. The lowest BCUT2D eigenvalue weighted by Gasteiger charge is -2.40. The summed E-state index contributed by atoms with van der Waals surface area (Å²) in [6.07, 6.45) is 7.42. The lowest BCUT2D eigenvalue weighted by molar-refractivity contribution is -0.142. The van der Waals surface area contributed by atoms with Crippen LogP contribution in [0.25, 0.3) is 0 Å². The Kier molecular flexibility index (Phi) is 6.16. The van der Waals surface area contributed by atoms with Crippen molar-refractivity contribution in [1.29, 1.82) is 0 Å². The van der Waals surface area contributed by atoms with Gasteiger partial charge in [-0.25, -0.2) is 4.79 Å². The molecule has 24 heavy (non-hydrogen) atoms. The van der Waals surface area contributed by atoms with Gasteiger partial charge in [-0.15, -0.1) is 0 Å². The van der Waals surface area contributed by atoms with Crippen LogP contribution in [0.2, 0.25) is 0 Å². The normalized spacial score (nSPS) is 31.3. The predicted molar refractivity (Wildman–Crippen MR) is 94.9 cm³/mol. The third-order valence-corrected chi connectivity index (χ3v) is 6.19. The minimum Gasteiger partial charge on any atom is -0.481 e. The first-order valence-electron chi connectivity index (χ1n) is 9.44. The van der Waals surface area contributed by atoms with Crippen LogP contribution in [0.4, 0.5) is 4.79 Å². The fourth-order valence-electron chi connectivity index (χ4n) is 4.26. The average Bonchev–Trinajstić information content (AvgIpc) is 2.54. The zero-order chi connectivity index (χ0) is 17.9. The maximum absolute atomic E-state index is 12.5. The number of carbonyl (C=O) groups is 2. The number of amides is 2. The highest BCUT2D eigenvalue weighted by Crippen LogP contribution is 2.38. The van der Waals surface area contributed by atoms with Crippen molar-refractivity contribution in [3.05, 3.63) is 0 Å². The zero-order valence-corrected chi connectivity index (χ0v) is 15.7. The second kappa shape index (κ2) is 7.75. The minimum absolute atomic E-state index is 0.00739. The Balaban J connectivity index is 1.76. The third kappa shape index (κ3) is 4.87. The van der Waals surface area contributed by atoms with Gasteiger partial charge in [0.25, 0.3) is 0 Å². The van der Waals surface area contributed by atoms with E-state index in [1.807, 2.05) is 11.9 Å². The number of nitrogens with one attached hydrogen (secondary N) is 1. The fourth-order valence-corrected chi connectivity index (χ4v) is 4.26. The molecule has 2 fully saturated rings. The van der Waals surface area contributed by atoms with Crippen LogP contribution in [-0.4, -0.2) is 41.1 Å². The van der Waals surface area contributed by atoms with Gasteiger partial charge >= 0.3 is 12.0 Å². The Hall–Kier alpha value is -1.26. The van der Waals surface area contributed by atoms with Gasteiger partial charge in [-0.3, -0.25) is 4.79 Å². The number of carbonyl (C=O) groups excluding carboxylic acids is 1. The molecule has 2 rings (SSSR count). The third-order valence-electron chi connectivity index (χ3n) is 6.19. The molecule has 0 aliphatic heterocycles. The molecular weight excluding hydrogens is 304 g/mol.